The molecule has 4 heterocycles. The van der Waals surface area contributed by atoms with Crippen molar-refractivity contribution in [1.29, 1.82) is 0 Å². The van der Waals surface area contributed by atoms with E-state index in [2.05, 4.69) is 62.2 Å². The summed E-state index contributed by atoms with van der Waals surface area (Å²) in [5.74, 6) is 0.0782. The molecule has 0 aliphatic rings. The van der Waals surface area contributed by atoms with Gasteiger partial charge in [-0.05, 0) is 79.1 Å². The van der Waals surface area contributed by atoms with Crippen molar-refractivity contribution in [2.45, 2.75) is 25.8 Å². The molecule has 0 unspecified atom stereocenters. The van der Waals surface area contributed by atoms with Gasteiger partial charge in [-0.2, -0.15) is 5.10 Å². The predicted molar refractivity (Wildman–Crippen MR) is 276 cm³/mol. The van der Waals surface area contributed by atoms with E-state index in [1.54, 1.807) is 79.3 Å². The Hall–Kier alpha value is -6.25. The molecule has 0 aliphatic heterocycles. The van der Waals surface area contributed by atoms with Crippen LogP contribution in [0.1, 0.15) is 43.1 Å². The lowest BCUT2D eigenvalue weighted by Gasteiger charge is -2.12. The lowest BCUT2D eigenvalue weighted by Crippen LogP contribution is -2.13. The number of ether oxygens (including phenoxy) is 1. The fraction of sp³-hybridized carbons (Fsp3) is 0.213. The van der Waals surface area contributed by atoms with Gasteiger partial charge in [-0.1, -0.05) is 74.5 Å². The Labute approximate surface area is 424 Å². The number of aromatic hydroxyl groups is 1. The van der Waals surface area contributed by atoms with Gasteiger partial charge in [0.1, 0.15) is 52.4 Å². The van der Waals surface area contributed by atoms with Gasteiger partial charge >= 0.3 is 0 Å². The van der Waals surface area contributed by atoms with Crippen molar-refractivity contribution in [3.8, 4) is 11.5 Å². The molecule has 0 atom stereocenters. The zero-order chi connectivity index (χ0) is 49.8. The topological polar surface area (TPSA) is 226 Å². The Bertz CT molecular complexity index is 3120. The van der Waals surface area contributed by atoms with E-state index < -0.39 is 0 Å². The molecule has 22 heteroatoms. The highest BCUT2D eigenvalue weighted by Crippen LogP contribution is 2.30. The lowest BCUT2D eigenvalue weighted by atomic mass is 10.1. The minimum Gasteiger partial charge on any atom is -0.508 e. The van der Waals surface area contributed by atoms with Crippen LogP contribution in [0.5, 0.6) is 11.5 Å². The summed E-state index contributed by atoms with van der Waals surface area (Å²) in [6.07, 6.45) is 4.86. The van der Waals surface area contributed by atoms with Gasteiger partial charge in [-0.25, -0.2) is 24.6 Å². The Morgan fingerprint density at radius 3 is 1.77 bits per heavy atom. The maximum Gasteiger partial charge on any atom is 0.255 e. The van der Waals surface area contributed by atoms with Crippen LogP contribution >= 0.6 is 62.3 Å². The first-order valence-corrected chi connectivity index (χ1v) is 23.5. The van der Waals surface area contributed by atoms with E-state index in [1.165, 1.54) is 18.7 Å². The average molecular weight is 1080 g/mol. The zero-order valence-electron chi connectivity index (χ0n) is 37.5. The number of aliphatic hydroxyl groups is 2. The third-order valence-corrected chi connectivity index (χ3v) is 12.0. The van der Waals surface area contributed by atoms with E-state index in [4.69, 9.17) is 61.4 Å². The zero-order valence-corrected chi connectivity index (χ0v) is 42.1. The first-order valence-electron chi connectivity index (χ1n) is 20.9. The molecule has 4 aromatic carbocycles. The number of nitrogens with one attached hydrogen (secondary N) is 4. The lowest BCUT2D eigenvalue weighted by molar-refractivity contribution is 0.101. The number of hydrogen-bond donors (Lipinski definition) is 7. The summed E-state index contributed by atoms with van der Waals surface area (Å²) < 4.78 is 9.58. The number of halogens is 5. The van der Waals surface area contributed by atoms with Gasteiger partial charge in [-0.3, -0.25) is 9.59 Å². The number of phenols is 1. The van der Waals surface area contributed by atoms with Gasteiger partial charge in [-0.15, -0.1) is 0 Å². The minimum absolute atomic E-state index is 0.00448. The summed E-state index contributed by atoms with van der Waals surface area (Å²) in [5, 5.41) is 47.2. The fourth-order valence-corrected chi connectivity index (χ4v) is 8.05. The third kappa shape index (κ3) is 13.3. The highest BCUT2D eigenvalue weighted by atomic mass is 79.9. The van der Waals surface area contributed by atoms with E-state index in [-0.39, 0.29) is 37.4 Å². The van der Waals surface area contributed by atoms with Crippen molar-refractivity contribution in [3.63, 3.8) is 0 Å². The van der Waals surface area contributed by atoms with Gasteiger partial charge in [0.25, 0.3) is 11.8 Å². The second kappa shape index (κ2) is 24.3. The van der Waals surface area contributed by atoms with Crippen LogP contribution in [0.25, 0.3) is 22.1 Å². The first-order chi connectivity index (χ1) is 33.1. The Morgan fingerprint density at radius 2 is 1.23 bits per heavy atom. The van der Waals surface area contributed by atoms with E-state index in [9.17, 15) is 14.7 Å². The van der Waals surface area contributed by atoms with Crippen molar-refractivity contribution >= 4 is 119 Å². The maximum absolute atomic E-state index is 12.7. The summed E-state index contributed by atoms with van der Waals surface area (Å²) in [4.78, 5) is 41.3. The highest BCUT2D eigenvalue weighted by Gasteiger charge is 2.17. The van der Waals surface area contributed by atoms with Crippen LogP contribution in [0.15, 0.2) is 91.6 Å². The molecule has 0 radical (unpaired) electrons. The van der Waals surface area contributed by atoms with Crippen molar-refractivity contribution in [2.75, 3.05) is 47.6 Å². The number of fused-ring (bicyclic) bond motifs is 2. The smallest absolute Gasteiger partial charge is 0.255 e. The number of benzene rings is 4. The van der Waals surface area contributed by atoms with E-state index in [0.29, 0.717) is 89.8 Å². The number of aromatic nitrogens is 7. The summed E-state index contributed by atoms with van der Waals surface area (Å²) in [6.45, 7) is 4.56. The number of nitrogens with zero attached hydrogens (tertiary/aromatic N) is 7. The van der Waals surface area contributed by atoms with Crippen molar-refractivity contribution < 1.29 is 29.6 Å². The quantitative estimate of drug-likeness (QED) is 0.0398. The molecule has 8 aromatic rings. The highest BCUT2D eigenvalue weighted by molar-refractivity contribution is 9.08. The predicted octanol–water partition coefficient (Wildman–Crippen LogP) is 9.74. The number of rotatable bonds is 14. The number of aliphatic hydroxyl groups excluding tert-OH is 2. The summed E-state index contributed by atoms with van der Waals surface area (Å²) >= 11 is 27.9. The largest absolute Gasteiger partial charge is 0.508 e. The first kappa shape index (κ1) is 52.1. The molecule has 4 aromatic heterocycles. The number of hydrogen-bond acceptors (Lipinski definition) is 13. The van der Waals surface area contributed by atoms with Crippen LogP contribution in [-0.4, -0.2) is 87.7 Å². The van der Waals surface area contributed by atoms with Gasteiger partial charge < -0.3 is 45.9 Å². The second-order valence-corrected chi connectivity index (χ2v) is 17.2. The SMILES string of the molecule is Cc1ccc(NC(=O)c2ccc(NCCO)c(Cl)c2)cc1O.Cc1ccc(NC(=O)c2ccc(NCCO)c(Cl)c2)cc1OCc1nn(C)c2ncnc(Cl)c12.Cn1cc(CBr)c2c(Cl)ncnc21. The number of amides is 2. The normalized spacial score (nSPS) is 10.8. The molecule has 0 bridgehead atoms. The molecule has 360 valence electrons. The molecule has 0 saturated heterocycles. The molecule has 0 spiro atoms. The molecular formula is C47H46BrCl4N11O6. The van der Waals surface area contributed by atoms with E-state index >= 15 is 0 Å². The Morgan fingerprint density at radius 1 is 0.696 bits per heavy atom. The summed E-state index contributed by atoms with van der Waals surface area (Å²) in [7, 11) is 3.72. The number of alkyl halides is 1. The molecule has 8 rings (SSSR count). The average Bonchev–Trinajstić information content (AvgIpc) is 3.85. The molecule has 17 nitrogen and oxygen atoms in total. The van der Waals surface area contributed by atoms with E-state index in [1.807, 2.05) is 30.8 Å². The maximum atomic E-state index is 12.7. The van der Waals surface area contributed by atoms with Crippen LogP contribution in [0.2, 0.25) is 20.4 Å². The van der Waals surface area contributed by atoms with Gasteiger partial charge in [0.2, 0.25) is 0 Å². The van der Waals surface area contributed by atoms with Crippen LogP contribution in [0, 0.1) is 13.8 Å². The van der Waals surface area contributed by atoms with Crippen molar-refractivity contribution in [3.05, 3.63) is 146 Å². The molecule has 7 N–H and O–H groups in total. The van der Waals surface area contributed by atoms with Crippen molar-refractivity contribution in [1.82, 2.24) is 34.3 Å². The summed E-state index contributed by atoms with van der Waals surface area (Å²) in [5.41, 5.74) is 8.01. The number of carbonyl (C=O) groups excluding carboxylic acids is 2. The molecule has 0 saturated carbocycles. The van der Waals surface area contributed by atoms with Gasteiger partial charge in [0, 0.05) is 73.3 Å². The van der Waals surface area contributed by atoms with Crippen LogP contribution in [0.3, 0.4) is 0 Å². The van der Waals surface area contributed by atoms with E-state index in [0.717, 1.165) is 33.1 Å². The Kier molecular flexibility index (Phi) is 18.4. The van der Waals surface area contributed by atoms with Gasteiger partial charge in [0.15, 0.2) is 5.65 Å². The molecule has 0 fully saturated rings. The minimum atomic E-state index is -0.320. The monoisotopic (exact) mass is 1080 g/mol. The molecule has 2 amide bonds. The number of phenolic OH excluding ortho intramolecular Hbond substituents is 1. The third-order valence-electron chi connectivity index (χ3n) is 10.2. The van der Waals surface area contributed by atoms with Crippen LogP contribution in [-0.2, 0) is 26.0 Å². The number of aryl methyl sites for hydroxylation is 4. The number of carbonyl (C=O) groups is 2. The fourth-order valence-electron chi connectivity index (χ4n) is 6.64. The van der Waals surface area contributed by atoms with Crippen molar-refractivity contribution in [2.24, 2.45) is 14.1 Å². The molecule has 0 aliphatic carbocycles. The molecular weight excluding hydrogens is 1040 g/mol. The van der Waals surface area contributed by atoms with Crippen LogP contribution in [0.4, 0.5) is 22.7 Å². The Balaban J connectivity index is 0.000000190. The van der Waals surface area contributed by atoms with Gasteiger partial charge in [0.05, 0.1) is 45.4 Å². The summed E-state index contributed by atoms with van der Waals surface area (Å²) in [6, 6.07) is 20.1. The van der Waals surface area contributed by atoms with Crippen LogP contribution < -0.4 is 26.0 Å². The molecule has 69 heavy (non-hydrogen) atoms. The standard InChI is InChI=1S/C23H22Cl2N6O3.C16H17ClN2O3.C8H7BrClN3/c1-13-3-5-15(29-23(33)14-4-6-17(16(24)9-14)26-7-8-32)10-19(13)34-11-18-20-21(25)27-12-28-22(20)31(2)30-18;1-10-2-4-12(9-15(10)21)19-16(22)11-3-5-14(13(17)8-11)18-6-7-20;1-13-3-5(2-9)6-7(10)11-4-12-8(6)13/h3-6,9-10,12,26,32H,7-8,11H2,1-2H3,(H,29,33);2-5,8-9,18,20-21H,6-7H2,1H3,(H,19,22);3-4H,2H2,1H3. The second-order valence-electron chi connectivity index (χ2n) is 15.1. The number of anilines is 4.